The quantitative estimate of drug-likeness (QED) is 0.749. The van der Waals surface area contributed by atoms with Gasteiger partial charge >= 0.3 is 0 Å². The number of hydrogen-bond donors (Lipinski definition) is 0. The number of halogens is 2. The maximum atomic E-state index is 13.4. The highest BCUT2D eigenvalue weighted by atomic mass is 79.9. The van der Waals surface area contributed by atoms with E-state index in [4.69, 9.17) is 5.26 Å². The van der Waals surface area contributed by atoms with Gasteiger partial charge < -0.3 is 0 Å². The molecule has 1 atom stereocenters. The van der Waals surface area contributed by atoms with Gasteiger partial charge in [0, 0.05) is 4.47 Å². The Hall–Kier alpha value is -0.880. The monoisotopic (exact) mass is 255 g/mol. The van der Waals surface area contributed by atoms with Crippen molar-refractivity contribution in [3.05, 3.63) is 33.0 Å². The molecule has 0 N–H and O–H groups in total. The molecule has 0 saturated heterocycles. The molecule has 74 valence electrons. The third-order valence-corrected chi connectivity index (χ3v) is 3.23. The molecule has 14 heavy (non-hydrogen) atoms. The van der Waals surface area contributed by atoms with Crippen molar-refractivity contribution >= 4 is 15.9 Å². The van der Waals surface area contributed by atoms with Crippen LogP contribution in [0.15, 0.2) is 10.5 Å². The molecule has 0 aliphatic carbocycles. The van der Waals surface area contributed by atoms with Crippen LogP contribution in [0.2, 0.25) is 0 Å². The zero-order chi connectivity index (χ0) is 10.9. The Morgan fingerprint density at radius 3 is 2.50 bits per heavy atom. The van der Waals surface area contributed by atoms with E-state index in [0.29, 0.717) is 5.56 Å². The first-order valence-electron chi connectivity index (χ1n) is 4.33. The Morgan fingerprint density at radius 2 is 2.00 bits per heavy atom. The lowest BCUT2D eigenvalue weighted by Gasteiger charge is -2.13. The molecule has 1 aromatic carbocycles. The highest BCUT2D eigenvalue weighted by Gasteiger charge is 2.16. The summed E-state index contributed by atoms with van der Waals surface area (Å²) < 4.78 is 14.1. The molecular formula is C11H11BrFN. The summed E-state index contributed by atoms with van der Waals surface area (Å²) in [5.74, 6) is -0.540. The molecule has 1 unspecified atom stereocenters. The van der Waals surface area contributed by atoms with Crippen molar-refractivity contribution in [3.63, 3.8) is 0 Å². The van der Waals surface area contributed by atoms with E-state index in [0.717, 1.165) is 15.6 Å². The van der Waals surface area contributed by atoms with E-state index in [1.54, 1.807) is 13.8 Å². The molecule has 0 radical (unpaired) electrons. The van der Waals surface area contributed by atoms with Crippen molar-refractivity contribution < 1.29 is 4.39 Å². The van der Waals surface area contributed by atoms with E-state index in [1.165, 1.54) is 6.07 Å². The van der Waals surface area contributed by atoms with Crippen LogP contribution in [0.4, 0.5) is 4.39 Å². The van der Waals surface area contributed by atoms with Gasteiger partial charge in [0.15, 0.2) is 0 Å². The van der Waals surface area contributed by atoms with E-state index < -0.39 is 0 Å². The van der Waals surface area contributed by atoms with Crippen LogP contribution in [-0.2, 0) is 0 Å². The van der Waals surface area contributed by atoms with Crippen molar-refractivity contribution in [1.82, 2.24) is 0 Å². The minimum atomic E-state index is -0.276. The highest BCUT2D eigenvalue weighted by Crippen LogP contribution is 2.30. The normalized spacial score (nSPS) is 12.3. The summed E-state index contributed by atoms with van der Waals surface area (Å²) in [6.45, 7) is 5.37. The standard InChI is InChI=1S/C11H11BrFN/c1-6(5-14)11-7(2)9(12)4-10(13)8(11)3/h4,6H,1-3H3. The summed E-state index contributed by atoms with van der Waals surface area (Å²) in [7, 11) is 0. The number of nitriles is 1. The zero-order valence-electron chi connectivity index (χ0n) is 8.36. The largest absolute Gasteiger partial charge is 0.207 e. The Bertz CT molecular complexity index is 380. The molecule has 0 fully saturated rings. The van der Waals surface area contributed by atoms with Gasteiger partial charge in [0.2, 0.25) is 0 Å². The fraction of sp³-hybridized carbons (Fsp3) is 0.364. The van der Waals surface area contributed by atoms with Gasteiger partial charge in [-0.1, -0.05) is 15.9 Å². The van der Waals surface area contributed by atoms with E-state index in [-0.39, 0.29) is 11.7 Å². The van der Waals surface area contributed by atoms with Gasteiger partial charge in [0.25, 0.3) is 0 Å². The van der Waals surface area contributed by atoms with Crippen LogP contribution >= 0.6 is 15.9 Å². The van der Waals surface area contributed by atoms with Crippen molar-refractivity contribution in [2.24, 2.45) is 0 Å². The van der Waals surface area contributed by atoms with Crippen LogP contribution in [0.1, 0.15) is 29.5 Å². The Balaban J connectivity index is 3.49. The van der Waals surface area contributed by atoms with Crippen LogP contribution in [0, 0.1) is 31.0 Å². The number of nitrogens with zero attached hydrogens (tertiary/aromatic N) is 1. The molecule has 0 spiro atoms. The third kappa shape index (κ3) is 1.80. The molecule has 0 bridgehead atoms. The molecule has 0 aromatic heterocycles. The first-order valence-corrected chi connectivity index (χ1v) is 5.13. The maximum Gasteiger partial charge on any atom is 0.127 e. The lowest BCUT2D eigenvalue weighted by atomic mass is 9.93. The smallest absolute Gasteiger partial charge is 0.127 e. The van der Waals surface area contributed by atoms with E-state index in [9.17, 15) is 4.39 Å². The van der Waals surface area contributed by atoms with Gasteiger partial charge in [-0.3, -0.25) is 0 Å². The lowest BCUT2D eigenvalue weighted by Crippen LogP contribution is -2.01. The van der Waals surface area contributed by atoms with Crippen LogP contribution in [0.25, 0.3) is 0 Å². The second-order valence-electron chi connectivity index (χ2n) is 3.35. The second kappa shape index (κ2) is 4.10. The van der Waals surface area contributed by atoms with Crippen LogP contribution in [0.5, 0.6) is 0 Å². The molecule has 1 rings (SSSR count). The second-order valence-corrected chi connectivity index (χ2v) is 4.21. The van der Waals surface area contributed by atoms with Gasteiger partial charge in [0.05, 0.1) is 12.0 Å². The first-order chi connectivity index (χ1) is 6.49. The molecule has 0 saturated carbocycles. The minimum Gasteiger partial charge on any atom is -0.207 e. The molecule has 1 nitrogen and oxygen atoms in total. The molecule has 3 heteroatoms. The number of hydrogen-bond acceptors (Lipinski definition) is 1. The molecule has 0 amide bonds. The van der Waals surface area contributed by atoms with Gasteiger partial charge in [-0.05, 0) is 43.5 Å². The predicted molar refractivity (Wildman–Crippen MR) is 57.6 cm³/mol. The summed E-state index contributed by atoms with van der Waals surface area (Å²) >= 11 is 3.28. The predicted octanol–water partition coefficient (Wildman–Crippen LogP) is 3.83. The molecule has 0 aliphatic heterocycles. The first kappa shape index (κ1) is 11.2. The minimum absolute atomic E-state index is 0.264. The lowest BCUT2D eigenvalue weighted by molar-refractivity contribution is 0.612. The average molecular weight is 256 g/mol. The molecule has 1 aromatic rings. The van der Waals surface area contributed by atoms with E-state index in [1.807, 2.05) is 6.92 Å². The Labute approximate surface area is 91.7 Å². The topological polar surface area (TPSA) is 23.8 Å². The van der Waals surface area contributed by atoms with E-state index in [2.05, 4.69) is 22.0 Å². The van der Waals surface area contributed by atoms with Gasteiger partial charge in [0.1, 0.15) is 5.82 Å². The summed E-state index contributed by atoms with van der Waals surface area (Å²) in [6, 6.07) is 3.57. The highest BCUT2D eigenvalue weighted by molar-refractivity contribution is 9.10. The summed E-state index contributed by atoms with van der Waals surface area (Å²) in [5, 5.41) is 8.83. The Morgan fingerprint density at radius 1 is 1.43 bits per heavy atom. The van der Waals surface area contributed by atoms with Crippen LogP contribution in [-0.4, -0.2) is 0 Å². The van der Waals surface area contributed by atoms with Crippen molar-refractivity contribution in [1.29, 1.82) is 5.26 Å². The van der Waals surface area contributed by atoms with Crippen molar-refractivity contribution in [2.75, 3.05) is 0 Å². The summed E-state index contributed by atoms with van der Waals surface area (Å²) in [5.41, 5.74) is 2.30. The Kier molecular flexibility index (Phi) is 3.28. The SMILES string of the molecule is Cc1c(F)cc(Br)c(C)c1C(C)C#N. The van der Waals surface area contributed by atoms with Crippen molar-refractivity contribution in [2.45, 2.75) is 26.7 Å². The van der Waals surface area contributed by atoms with Crippen LogP contribution in [0.3, 0.4) is 0 Å². The fourth-order valence-corrected chi connectivity index (χ4v) is 1.99. The summed E-state index contributed by atoms with van der Waals surface area (Å²) in [6.07, 6.45) is 0. The van der Waals surface area contributed by atoms with Crippen LogP contribution < -0.4 is 0 Å². The third-order valence-electron chi connectivity index (χ3n) is 2.40. The average Bonchev–Trinajstić information content (AvgIpc) is 2.15. The fourth-order valence-electron chi connectivity index (χ4n) is 1.58. The van der Waals surface area contributed by atoms with E-state index >= 15 is 0 Å². The summed E-state index contributed by atoms with van der Waals surface area (Å²) in [4.78, 5) is 0. The zero-order valence-corrected chi connectivity index (χ0v) is 9.94. The molecule has 0 aliphatic rings. The van der Waals surface area contributed by atoms with Gasteiger partial charge in [-0.25, -0.2) is 4.39 Å². The molecule has 0 heterocycles. The number of benzene rings is 1. The van der Waals surface area contributed by atoms with Gasteiger partial charge in [-0.2, -0.15) is 5.26 Å². The molecular weight excluding hydrogens is 245 g/mol. The number of rotatable bonds is 1. The van der Waals surface area contributed by atoms with Crippen molar-refractivity contribution in [3.8, 4) is 6.07 Å². The maximum absolute atomic E-state index is 13.4. The van der Waals surface area contributed by atoms with Gasteiger partial charge in [-0.15, -0.1) is 0 Å².